The van der Waals surface area contributed by atoms with Gasteiger partial charge in [0.1, 0.15) is 18.2 Å². The van der Waals surface area contributed by atoms with E-state index in [1.165, 1.54) is 12.1 Å². The number of ether oxygens (including phenoxy) is 2. The Morgan fingerprint density at radius 3 is 3.12 bits per heavy atom. The highest BCUT2D eigenvalue weighted by atomic mass is 19.1. The number of hydrogen-bond donors (Lipinski definition) is 0. The normalized spacial score (nSPS) is 19.7. The van der Waals surface area contributed by atoms with Gasteiger partial charge in [-0.3, -0.25) is 4.79 Å². The summed E-state index contributed by atoms with van der Waals surface area (Å²) in [6.07, 6.45) is 0.755. The topological polar surface area (TPSA) is 35.5 Å². The lowest BCUT2D eigenvalue weighted by molar-refractivity contribution is -0.124. The van der Waals surface area contributed by atoms with Gasteiger partial charge in [-0.05, 0) is 18.6 Å². The number of carbonyl (C=O) groups excluding carboxylic acids is 1. The Bertz CT molecular complexity index is 372. The van der Waals surface area contributed by atoms with Crippen LogP contribution in [-0.2, 0) is 9.53 Å². The zero-order valence-electron chi connectivity index (χ0n) is 8.82. The first-order valence-electron chi connectivity index (χ1n) is 5.24. The first kappa shape index (κ1) is 11.1. The van der Waals surface area contributed by atoms with Crippen molar-refractivity contribution in [2.75, 3.05) is 19.8 Å². The van der Waals surface area contributed by atoms with Crippen LogP contribution in [0.25, 0.3) is 0 Å². The van der Waals surface area contributed by atoms with E-state index in [0.29, 0.717) is 19.0 Å². The monoisotopic (exact) mass is 224 g/mol. The molecule has 1 heterocycles. The van der Waals surface area contributed by atoms with Crippen molar-refractivity contribution in [3.8, 4) is 5.75 Å². The van der Waals surface area contributed by atoms with Crippen molar-refractivity contribution >= 4 is 5.78 Å². The van der Waals surface area contributed by atoms with E-state index in [0.717, 1.165) is 6.42 Å². The van der Waals surface area contributed by atoms with Crippen LogP contribution in [0.3, 0.4) is 0 Å². The molecule has 3 nitrogen and oxygen atoms in total. The third kappa shape index (κ3) is 2.79. The van der Waals surface area contributed by atoms with Gasteiger partial charge < -0.3 is 9.47 Å². The molecular formula is C12H13FO3. The molecule has 0 N–H and O–H groups in total. The molecule has 1 saturated heterocycles. The number of rotatable bonds is 4. The van der Waals surface area contributed by atoms with Gasteiger partial charge in [0.2, 0.25) is 0 Å². The van der Waals surface area contributed by atoms with Gasteiger partial charge in [-0.2, -0.15) is 0 Å². The lowest BCUT2D eigenvalue weighted by Gasteiger charge is -2.08. The van der Waals surface area contributed by atoms with Gasteiger partial charge in [-0.1, -0.05) is 6.07 Å². The van der Waals surface area contributed by atoms with Gasteiger partial charge in [0.05, 0.1) is 6.61 Å². The minimum Gasteiger partial charge on any atom is -0.486 e. The Balaban J connectivity index is 1.84. The van der Waals surface area contributed by atoms with E-state index >= 15 is 0 Å². The molecule has 4 heteroatoms. The molecule has 1 aromatic rings. The summed E-state index contributed by atoms with van der Waals surface area (Å²) in [7, 11) is 0. The van der Waals surface area contributed by atoms with E-state index in [4.69, 9.17) is 9.47 Å². The fourth-order valence-corrected chi connectivity index (χ4v) is 1.62. The molecule has 16 heavy (non-hydrogen) atoms. The molecule has 0 bridgehead atoms. The van der Waals surface area contributed by atoms with Gasteiger partial charge in [0, 0.05) is 18.6 Å². The SMILES string of the molecule is O=C(COc1cccc(F)c1)C1CCOC1. The summed E-state index contributed by atoms with van der Waals surface area (Å²) in [6.45, 7) is 1.10. The summed E-state index contributed by atoms with van der Waals surface area (Å²) in [5.74, 6) is -0.0308. The molecule has 0 spiro atoms. The summed E-state index contributed by atoms with van der Waals surface area (Å²) in [6, 6.07) is 5.77. The fourth-order valence-electron chi connectivity index (χ4n) is 1.62. The highest BCUT2D eigenvalue weighted by Crippen LogP contribution is 2.16. The number of hydrogen-bond acceptors (Lipinski definition) is 3. The molecule has 1 unspecified atom stereocenters. The first-order chi connectivity index (χ1) is 7.75. The van der Waals surface area contributed by atoms with Crippen molar-refractivity contribution < 1.29 is 18.7 Å². The Morgan fingerprint density at radius 2 is 2.44 bits per heavy atom. The number of Topliss-reactive ketones (excluding diaryl/α,β-unsaturated/α-hetero) is 1. The zero-order chi connectivity index (χ0) is 11.4. The Morgan fingerprint density at radius 1 is 1.56 bits per heavy atom. The average Bonchev–Trinajstić information content (AvgIpc) is 2.79. The smallest absolute Gasteiger partial charge is 0.175 e. The van der Waals surface area contributed by atoms with Crippen molar-refractivity contribution in [1.29, 1.82) is 0 Å². The van der Waals surface area contributed by atoms with Crippen molar-refractivity contribution in [3.05, 3.63) is 30.1 Å². The Hall–Kier alpha value is -1.42. The second kappa shape index (κ2) is 5.07. The predicted octanol–water partition coefficient (Wildman–Crippen LogP) is 1.81. The molecule has 1 aromatic carbocycles. The highest BCUT2D eigenvalue weighted by Gasteiger charge is 2.23. The maximum absolute atomic E-state index is 12.8. The third-order valence-corrected chi connectivity index (χ3v) is 2.56. The summed E-state index contributed by atoms with van der Waals surface area (Å²) in [5, 5.41) is 0. The molecule has 0 radical (unpaired) electrons. The van der Waals surface area contributed by atoms with Gasteiger partial charge in [0.25, 0.3) is 0 Å². The molecule has 1 fully saturated rings. The van der Waals surface area contributed by atoms with Crippen LogP contribution in [0.2, 0.25) is 0 Å². The molecule has 2 rings (SSSR count). The third-order valence-electron chi connectivity index (χ3n) is 2.56. The number of carbonyl (C=O) groups is 1. The molecule has 0 aliphatic carbocycles. The molecule has 1 aliphatic rings. The Labute approximate surface area is 93.2 Å². The maximum atomic E-state index is 12.8. The predicted molar refractivity (Wildman–Crippen MR) is 55.8 cm³/mol. The van der Waals surface area contributed by atoms with Crippen LogP contribution in [-0.4, -0.2) is 25.6 Å². The largest absolute Gasteiger partial charge is 0.486 e. The van der Waals surface area contributed by atoms with Crippen LogP contribution in [0, 0.1) is 11.7 Å². The van der Waals surface area contributed by atoms with E-state index in [9.17, 15) is 9.18 Å². The second-order valence-electron chi connectivity index (χ2n) is 3.77. The van der Waals surface area contributed by atoms with Crippen molar-refractivity contribution in [1.82, 2.24) is 0 Å². The fraction of sp³-hybridized carbons (Fsp3) is 0.417. The molecule has 0 aromatic heterocycles. The van der Waals surface area contributed by atoms with Crippen LogP contribution in [0.5, 0.6) is 5.75 Å². The molecule has 1 aliphatic heterocycles. The summed E-state index contributed by atoms with van der Waals surface area (Å²) < 4.78 is 23.1. The molecule has 0 amide bonds. The van der Waals surface area contributed by atoms with Crippen molar-refractivity contribution in [2.24, 2.45) is 5.92 Å². The van der Waals surface area contributed by atoms with Crippen LogP contribution in [0.15, 0.2) is 24.3 Å². The van der Waals surface area contributed by atoms with Crippen LogP contribution >= 0.6 is 0 Å². The van der Waals surface area contributed by atoms with Crippen LogP contribution in [0.1, 0.15) is 6.42 Å². The maximum Gasteiger partial charge on any atom is 0.175 e. The van der Waals surface area contributed by atoms with Crippen molar-refractivity contribution in [3.63, 3.8) is 0 Å². The quantitative estimate of drug-likeness (QED) is 0.782. The summed E-state index contributed by atoms with van der Waals surface area (Å²) in [4.78, 5) is 11.6. The van der Waals surface area contributed by atoms with Crippen LogP contribution < -0.4 is 4.74 Å². The summed E-state index contributed by atoms with van der Waals surface area (Å²) in [5.41, 5.74) is 0. The number of ketones is 1. The average molecular weight is 224 g/mol. The lowest BCUT2D eigenvalue weighted by Crippen LogP contribution is -2.21. The minimum absolute atomic E-state index is 0.0155. The van der Waals surface area contributed by atoms with E-state index < -0.39 is 0 Å². The van der Waals surface area contributed by atoms with E-state index in [1.54, 1.807) is 12.1 Å². The van der Waals surface area contributed by atoms with Gasteiger partial charge >= 0.3 is 0 Å². The van der Waals surface area contributed by atoms with Gasteiger partial charge in [0.15, 0.2) is 5.78 Å². The van der Waals surface area contributed by atoms with E-state index in [-0.39, 0.29) is 24.1 Å². The van der Waals surface area contributed by atoms with Gasteiger partial charge in [-0.15, -0.1) is 0 Å². The van der Waals surface area contributed by atoms with E-state index in [2.05, 4.69) is 0 Å². The first-order valence-corrected chi connectivity index (χ1v) is 5.24. The number of benzene rings is 1. The minimum atomic E-state index is -0.367. The molecule has 0 saturated carbocycles. The zero-order valence-corrected chi connectivity index (χ0v) is 8.82. The molecule has 1 atom stereocenters. The summed E-state index contributed by atoms with van der Waals surface area (Å²) >= 11 is 0. The lowest BCUT2D eigenvalue weighted by atomic mass is 10.0. The van der Waals surface area contributed by atoms with E-state index in [1.807, 2.05) is 0 Å². The standard InChI is InChI=1S/C12H13FO3/c13-10-2-1-3-11(6-10)16-8-12(14)9-4-5-15-7-9/h1-3,6,9H,4-5,7-8H2. The number of halogens is 1. The van der Waals surface area contributed by atoms with Crippen LogP contribution in [0.4, 0.5) is 4.39 Å². The molecule has 86 valence electrons. The van der Waals surface area contributed by atoms with Gasteiger partial charge in [-0.25, -0.2) is 4.39 Å². The highest BCUT2D eigenvalue weighted by molar-refractivity contribution is 5.82. The Kier molecular flexibility index (Phi) is 3.51. The molecular weight excluding hydrogens is 211 g/mol. The second-order valence-corrected chi connectivity index (χ2v) is 3.77. The van der Waals surface area contributed by atoms with Crippen molar-refractivity contribution in [2.45, 2.75) is 6.42 Å².